The van der Waals surface area contributed by atoms with Gasteiger partial charge in [0.25, 0.3) is 5.91 Å². The second-order valence-corrected chi connectivity index (χ2v) is 3.74. The lowest BCUT2D eigenvalue weighted by Gasteiger charge is -2.10. The van der Waals surface area contributed by atoms with Crippen molar-refractivity contribution in [2.24, 2.45) is 0 Å². The van der Waals surface area contributed by atoms with E-state index in [-0.39, 0.29) is 11.4 Å². The Morgan fingerprint density at radius 2 is 1.95 bits per heavy atom. The van der Waals surface area contributed by atoms with E-state index in [2.05, 4.69) is 15.0 Å². The van der Waals surface area contributed by atoms with Crippen LogP contribution in [0.25, 0.3) is 0 Å². The lowest BCUT2D eigenvalue weighted by Crippen LogP contribution is -2.17. The van der Waals surface area contributed by atoms with Gasteiger partial charge in [-0.2, -0.15) is 0 Å². The molecule has 0 fully saturated rings. The summed E-state index contributed by atoms with van der Waals surface area (Å²) < 4.78 is 40.0. The predicted octanol–water partition coefficient (Wildman–Crippen LogP) is 3.23. The van der Waals surface area contributed by atoms with Crippen molar-refractivity contribution in [2.45, 2.75) is 6.36 Å². The fourth-order valence-electron chi connectivity index (χ4n) is 1.46. The van der Waals surface area contributed by atoms with Gasteiger partial charge in [0.2, 0.25) is 0 Å². The van der Waals surface area contributed by atoms with Crippen LogP contribution in [0.1, 0.15) is 10.5 Å². The van der Waals surface area contributed by atoms with Crippen molar-refractivity contribution in [3.8, 4) is 5.75 Å². The molecule has 0 unspecified atom stereocenters. The smallest absolute Gasteiger partial charge is 0.406 e. The molecule has 0 aliphatic rings. The molecular weight excluding hydrogens is 273 g/mol. The zero-order valence-electron chi connectivity index (χ0n) is 10.0. The summed E-state index contributed by atoms with van der Waals surface area (Å²) in [4.78, 5) is 15.6. The summed E-state index contributed by atoms with van der Waals surface area (Å²) in [5.41, 5.74) is 0.344. The highest BCUT2D eigenvalue weighted by Crippen LogP contribution is 2.25. The first-order valence-corrected chi connectivity index (χ1v) is 5.52. The highest BCUT2D eigenvalue weighted by molar-refractivity contribution is 6.02. The van der Waals surface area contributed by atoms with Gasteiger partial charge < -0.3 is 10.1 Å². The van der Waals surface area contributed by atoms with E-state index >= 15 is 0 Å². The number of hydrogen-bond donors (Lipinski definition) is 1. The Hall–Kier alpha value is -2.57. The van der Waals surface area contributed by atoms with Crippen LogP contribution in [0.5, 0.6) is 5.75 Å². The number of benzene rings is 1. The Balaban J connectivity index is 2.10. The molecule has 0 aliphatic carbocycles. The highest BCUT2D eigenvalue weighted by Gasteiger charge is 2.31. The molecular formula is C13H9F3N2O2. The molecule has 2 aromatic rings. The maximum Gasteiger partial charge on any atom is 0.573 e. The Morgan fingerprint density at radius 3 is 2.60 bits per heavy atom. The number of halogens is 3. The van der Waals surface area contributed by atoms with Gasteiger partial charge in [-0.05, 0) is 24.3 Å². The number of carbonyl (C=O) groups is 1. The first-order chi connectivity index (χ1) is 9.44. The van der Waals surface area contributed by atoms with E-state index in [4.69, 9.17) is 0 Å². The average Bonchev–Trinajstić information content (AvgIpc) is 2.38. The lowest BCUT2D eigenvalue weighted by molar-refractivity contribution is -0.274. The Kier molecular flexibility index (Phi) is 3.88. The van der Waals surface area contributed by atoms with Crippen molar-refractivity contribution in [3.63, 3.8) is 0 Å². The molecule has 0 radical (unpaired) electrons. The number of rotatable bonds is 3. The van der Waals surface area contributed by atoms with Crippen molar-refractivity contribution in [1.82, 2.24) is 4.98 Å². The summed E-state index contributed by atoms with van der Waals surface area (Å²) in [5, 5.41) is 2.44. The zero-order valence-corrected chi connectivity index (χ0v) is 10.0. The normalized spacial score (nSPS) is 10.9. The van der Waals surface area contributed by atoms with Gasteiger partial charge in [-0.15, -0.1) is 13.2 Å². The van der Waals surface area contributed by atoms with Crippen LogP contribution in [0, 0.1) is 0 Å². The van der Waals surface area contributed by atoms with Gasteiger partial charge in [0.1, 0.15) is 11.4 Å². The molecule has 1 heterocycles. The molecule has 1 N–H and O–H groups in total. The van der Waals surface area contributed by atoms with Crippen molar-refractivity contribution < 1.29 is 22.7 Å². The van der Waals surface area contributed by atoms with Crippen LogP contribution in [0.15, 0.2) is 48.7 Å². The second-order valence-electron chi connectivity index (χ2n) is 3.74. The molecule has 0 saturated heterocycles. The number of alkyl halides is 3. The average molecular weight is 282 g/mol. The maximum absolute atomic E-state index is 12.1. The number of carbonyl (C=O) groups excluding carboxylic acids is 1. The number of pyridine rings is 1. The van der Waals surface area contributed by atoms with Gasteiger partial charge in [-0.1, -0.05) is 12.1 Å². The molecule has 0 atom stereocenters. The van der Waals surface area contributed by atoms with E-state index in [1.807, 2.05) is 0 Å². The minimum atomic E-state index is -4.77. The van der Waals surface area contributed by atoms with Crippen LogP contribution in [0.2, 0.25) is 0 Å². The molecule has 0 aliphatic heterocycles. The van der Waals surface area contributed by atoms with E-state index in [9.17, 15) is 18.0 Å². The number of amides is 1. The lowest BCUT2D eigenvalue weighted by atomic mass is 10.3. The third kappa shape index (κ3) is 3.98. The van der Waals surface area contributed by atoms with Crippen LogP contribution in [0.3, 0.4) is 0 Å². The Labute approximate surface area is 112 Å². The third-order valence-corrected chi connectivity index (χ3v) is 2.22. The van der Waals surface area contributed by atoms with Crippen molar-refractivity contribution in [1.29, 1.82) is 0 Å². The molecule has 0 bridgehead atoms. The van der Waals surface area contributed by atoms with Gasteiger partial charge in [0.05, 0.1) is 0 Å². The molecule has 7 heteroatoms. The fraction of sp³-hybridized carbons (Fsp3) is 0.0769. The topological polar surface area (TPSA) is 51.2 Å². The summed E-state index contributed by atoms with van der Waals surface area (Å²) in [5.74, 6) is -0.925. The second kappa shape index (κ2) is 5.60. The van der Waals surface area contributed by atoms with Crippen LogP contribution >= 0.6 is 0 Å². The first-order valence-electron chi connectivity index (χ1n) is 5.52. The summed E-state index contributed by atoms with van der Waals surface area (Å²) >= 11 is 0. The van der Waals surface area contributed by atoms with Gasteiger partial charge in [0.15, 0.2) is 0 Å². The van der Waals surface area contributed by atoms with Crippen LogP contribution < -0.4 is 10.1 Å². The minimum Gasteiger partial charge on any atom is -0.406 e. The first kappa shape index (κ1) is 13.9. The molecule has 0 spiro atoms. The van der Waals surface area contributed by atoms with E-state index in [0.717, 1.165) is 12.1 Å². The van der Waals surface area contributed by atoms with E-state index in [1.54, 1.807) is 12.1 Å². The summed E-state index contributed by atoms with van der Waals surface area (Å²) in [6, 6.07) is 9.78. The summed E-state index contributed by atoms with van der Waals surface area (Å²) in [6.07, 6.45) is -3.33. The van der Waals surface area contributed by atoms with Crippen LogP contribution in [-0.4, -0.2) is 17.3 Å². The molecule has 4 nitrogen and oxygen atoms in total. The fourth-order valence-corrected chi connectivity index (χ4v) is 1.46. The molecule has 1 amide bonds. The van der Waals surface area contributed by atoms with Crippen molar-refractivity contribution in [2.75, 3.05) is 5.32 Å². The van der Waals surface area contributed by atoms with Gasteiger partial charge >= 0.3 is 6.36 Å². The Morgan fingerprint density at radius 1 is 1.15 bits per heavy atom. The SMILES string of the molecule is O=C(Nc1cccc(OC(F)(F)F)c1)c1ccccn1. The standard InChI is InChI=1S/C13H9F3N2O2/c14-13(15,16)20-10-5-3-4-9(8-10)18-12(19)11-6-1-2-7-17-11/h1-8H,(H,18,19). The van der Waals surface area contributed by atoms with Gasteiger partial charge in [-0.3, -0.25) is 9.78 Å². The largest absolute Gasteiger partial charge is 0.573 e. The molecule has 1 aromatic carbocycles. The highest BCUT2D eigenvalue weighted by atomic mass is 19.4. The van der Waals surface area contributed by atoms with Gasteiger partial charge in [-0.25, -0.2) is 0 Å². The zero-order chi connectivity index (χ0) is 14.6. The number of ether oxygens (including phenoxy) is 1. The van der Waals surface area contributed by atoms with E-state index in [1.165, 1.54) is 24.4 Å². The third-order valence-electron chi connectivity index (χ3n) is 2.22. The van der Waals surface area contributed by atoms with Crippen molar-refractivity contribution >= 4 is 11.6 Å². The maximum atomic E-state index is 12.1. The number of anilines is 1. The molecule has 20 heavy (non-hydrogen) atoms. The summed E-state index contributed by atoms with van der Waals surface area (Å²) in [6.45, 7) is 0. The van der Waals surface area contributed by atoms with Crippen LogP contribution in [0.4, 0.5) is 18.9 Å². The van der Waals surface area contributed by atoms with Crippen LogP contribution in [-0.2, 0) is 0 Å². The van der Waals surface area contributed by atoms with E-state index in [0.29, 0.717) is 0 Å². The summed E-state index contributed by atoms with van der Waals surface area (Å²) in [7, 11) is 0. The quantitative estimate of drug-likeness (QED) is 0.940. The van der Waals surface area contributed by atoms with E-state index < -0.39 is 18.0 Å². The number of hydrogen-bond acceptors (Lipinski definition) is 3. The molecule has 0 saturated carbocycles. The Bertz CT molecular complexity index is 600. The number of nitrogens with zero attached hydrogens (tertiary/aromatic N) is 1. The molecule has 1 aromatic heterocycles. The predicted molar refractivity (Wildman–Crippen MR) is 65.3 cm³/mol. The minimum absolute atomic E-state index is 0.162. The molecule has 104 valence electrons. The molecule has 2 rings (SSSR count). The van der Waals surface area contributed by atoms with Gasteiger partial charge in [0, 0.05) is 18.0 Å². The number of aromatic nitrogens is 1. The van der Waals surface area contributed by atoms with Crippen molar-refractivity contribution in [3.05, 3.63) is 54.4 Å². The number of nitrogens with one attached hydrogen (secondary N) is 1. The monoisotopic (exact) mass is 282 g/mol.